The highest BCUT2D eigenvalue weighted by atomic mass is 16.2. The van der Waals surface area contributed by atoms with Crippen LogP contribution >= 0.6 is 0 Å². The number of nitrogens with zero attached hydrogens (tertiary/aromatic N) is 3. The summed E-state index contributed by atoms with van der Waals surface area (Å²) in [6.07, 6.45) is 1.81. The Hall–Kier alpha value is -2.72. The zero-order valence-corrected chi connectivity index (χ0v) is 15.3. The zero-order valence-electron chi connectivity index (χ0n) is 15.3. The predicted molar refractivity (Wildman–Crippen MR) is 105 cm³/mol. The Kier molecular flexibility index (Phi) is 4.43. The van der Waals surface area contributed by atoms with E-state index in [1.807, 2.05) is 17.2 Å². The van der Waals surface area contributed by atoms with Gasteiger partial charge < -0.3 is 4.90 Å². The van der Waals surface area contributed by atoms with Gasteiger partial charge in [0.2, 0.25) is 5.91 Å². The number of aromatic nitrogens is 1. The standard InChI is InChI=1S/C22H23N3O/c1-16-10-17(2)12-20(11-16)25-9-8-24(15-22(25)26)14-18-5-6-21-19(13-18)4-3-7-23-21/h3-7,10-13H,8-9,14-15H2,1-2H3. The minimum Gasteiger partial charge on any atom is -0.310 e. The van der Waals surface area contributed by atoms with Crippen LogP contribution in [0.2, 0.25) is 0 Å². The summed E-state index contributed by atoms with van der Waals surface area (Å²) >= 11 is 0. The number of hydrogen-bond donors (Lipinski definition) is 0. The Morgan fingerprint density at radius 1 is 1.00 bits per heavy atom. The van der Waals surface area contributed by atoms with Gasteiger partial charge in [0.05, 0.1) is 12.1 Å². The number of benzene rings is 2. The highest BCUT2D eigenvalue weighted by Gasteiger charge is 2.25. The number of carbonyl (C=O) groups excluding carboxylic acids is 1. The summed E-state index contributed by atoms with van der Waals surface area (Å²) in [5.74, 6) is 0.170. The molecule has 2 heterocycles. The molecule has 0 N–H and O–H groups in total. The first-order chi connectivity index (χ1) is 12.6. The summed E-state index contributed by atoms with van der Waals surface area (Å²) < 4.78 is 0. The van der Waals surface area contributed by atoms with Crippen LogP contribution in [0.15, 0.2) is 54.7 Å². The number of hydrogen-bond acceptors (Lipinski definition) is 3. The number of pyridine rings is 1. The van der Waals surface area contributed by atoms with E-state index in [2.05, 4.69) is 66.2 Å². The minimum atomic E-state index is 0.170. The molecule has 1 aliphatic rings. The maximum Gasteiger partial charge on any atom is 0.241 e. The summed E-state index contributed by atoms with van der Waals surface area (Å²) in [6.45, 7) is 7.01. The molecule has 4 rings (SSSR count). The molecule has 0 bridgehead atoms. The van der Waals surface area contributed by atoms with Gasteiger partial charge >= 0.3 is 0 Å². The molecule has 1 amide bonds. The molecule has 2 aromatic carbocycles. The Morgan fingerprint density at radius 3 is 2.58 bits per heavy atom. The van der Waals surface area contributed by atoms with Gasteiger partial charge in [-0.25, -0.2) is 0 Å². The highest BCUT2D eigenvalue weighted by molar-refractivity contribution is 5.95. The van der Waals surface area contributed by atoms with Crippen LogP contribution < -0.4 is 4.90 Å². The van der Waals surface area contributed by atoms with Crippen molar-refractivity contribution in [3.8, 4) is 0 Å². The summed E-state index contributed by atoms with van der Waals surface area (Å²) in [5, 5.41) is 1.14. The van der Waals surface area contributed by atoms with Crippen molar-refractivity contribution in [1.82, 2.24) is 9.88 Å². The number of fused-ring (bicyclic) bond motifs is 1. The molecule has 0 aliphatic carbocycles. The fourth-order valence-electron chi connectivity index (χ4n) is 3.72. The van der Waals surface area contributed by atoms with Crippen LogP contribution in [0.1, 0.15) is 16.7 Å². The molecule has 1 aromatic heterocycles. The van der Waals surface area contributed by atoms with Gasteiger partial charge in [-0.15, -0.1) is 0 Å². The number of piperazine rings is 1. The summed E-state index contributed by atoms with van der Waals surface area (Å²) in [6, 6.07) is 16.7. The molecule has 0 spiro atoms. The van der Waals surface area contributed by atoms with Crippen LogP contribution in [-0.4, -0.2) is 35.4 Å². The smallest absolute Gasteiger partial charge is 0.241 e. The fourth-order valence-corrected chi connectivity index (χ4v) is 3.72. The number of carbonyl (C=O) groups is 1. The van der Waals surface area contributed by atoms with Crippen molar-refractivity contribution in [3.05, 3.63) is 71.4 Å². The van der Waals surface area contributed by atoms with Crippen molar-refractivity contribution in [1.29, 1.82) is 0 Å². The molecule has 1 saturated heterocycles. The molecule has 4 heteroatoms. The lowest BCUT2D eigenvalue weighted by Gasteiger charge is -2.34. The monoisotopic (exact) mass is 345 g/mol. The largest absolute Gasteiger partial charge is 0.310 e. The van der Waals surface area contributed by atoms with Gasteiger partial charge in [-0.1, -0.05) is 18.2 Å². The van der Waals surface area contributed by atoms with Crippen LogP contribution in [0.4, 0.5) is 5.69 Å². The molecule has 26 heavy (non-hydrogen) atoms. The van der Waals surface area contributed by atoms with Crippen molar-refractivity contribution >= 4 is 22.5 Å². The molecule has 3 aromatic rings. The van der Waals surface area contributed by atoms with Crippen molar-refractivity contribution in [2.45, 2.75) is 20.4 Å². The first-order valence-corrected chi connectivity index (χ1v) is 9.03. The summed E-state index contributed by atoms with van der Waals surface area (Å²) in [7, 11) is 0. The van der Waals surface area contributed by atoms with Crippen molar-refractivity contribution in [2.75, 3.05) is 24.5 Å². The van der Waals surface area contributed by atoms with Crippen LogP contribution in [0.5, 0.6) is 0 Å². The zero-order chi connectivity index (χ0) is 18.1. The highest BCUT2D eigenvalue weighted by Crippen LogP contribution is 2.22. The lowest BCUT2D eigenvalue weighted by atomic mass is 10.1. The number of anilines is 1. The van der Waals surface area contributed by atoms with Crippen LogP contribution in [0, 0.1) is 13.8 Å². The van der Waals surface area contributed by atoms with Crippen LogP contribution in [0.25, 0.3) is 10.9 Å². The predicted octanol–water partition coefficient (Wildman–Crippen LogP) is 3.70. The van der Waals surface area contributed by atoms with E-state index in [1.165, 1.54) is 16.7 Å². The van der Waals surface area contributed by atoms with Gasteiger partial charge in [-0.2, -0.15) is 0 Å². The molecule has 4 nitrogen and oxygen atoms in total. The second kappa shape index (κ2) is 6.89. The molecular weight excluding hydrogens is 322 g/mol. The van der Waals surface area contributed by atoms with Gasteiger partial charge in [0.25, 0.3) is 0 Å². The Bertz CT molecular complexity index is 946. The quantitative estimate of drug-likeness (QED) is 0.726. The SMILES string of the molecule is Cc1cc(C)cc(N2CCN(Cc3ccc4ncccc4c3)CC2=O)c1. The average Bonchev–Trinajstić information content (AvgIpc) is 2.61. The Balaban J connectivity index is 1.47. The van der Waals surface area contributed by atoms with E-state index in [-0.39, 0.29) is 5.91 Å². The third-order valence-electron chi connectivity index (χ3n) is 4.89. The van der Waals surface area contributed by atoms with Gasteiger partial charge in [-0.05, 0) is 60.9 Å². The van der Waals surface area contributed by atoms with Gasteiger partial charge in [0.1, 0.15) is 0 Å². The third kappa shape index (κ3) is 3.46. The molecule has 132 valence electrons. The van der Waals surface area contributed by atoms with Crippen LogP contribution in [-0.2, 0) is 11.3 Å². The van der Waals surface area contributed by atoms with E-state index in [9.17, 15) is 4.79 Å². The first kappa shape index (κ1) is 16.7. The first-order valence-electron chi connectivity index (χ1n) is 9.03. The van der Waals surface area contributed by atoms with Gasteiger partial charge in [-0.3, -0.25) is 14.7 Å². The maximum atomic E-state index is 12.7. The topological polar surface area (TPSA) is 36.4 Å². The molecule has 0 radical (unpaired) electrons. The van der Waals surface area contributed by atoms with Crippen molar-refractivity contribution < 1.29 is 4.79 Å². The van der Waals surface area contributed by atoms with E-state index < -0.39 is 0 Å². The second-order valence-corrected chi connectivity index (χ2v) is 7.13. The van der Waals surface area contributed by atoms with E-state index in [4.69, 9.17) is 0 Å². The fraction of sp³-hybridized carbons (Fsp3) is 0.273. The number of rotatable bonds is 3. The summed E-state index contributed by atoms with van der Waals surface area (Å²) in [4.78, 5) is 21.2. The number of aryl methyl sites for hydroxylation is 2. The maximum absolute atomic E-state index is 12.7. The lowest BCUT2D eigenvalue weighted by molar-refractivity contribution is -0.121. The van der Waals surface area contributed by atoms with Gasteiger partial charge in [0, 0.05) is 36.9 Å². The number of amides is 1. The molecule has 0 saturated carbocycles. The molecule has 0 unspecified atom stereocenters. The van der Waals surface area contributed by atoms with Gasteiger partial charge in [0.15, 0.2) is 0 Å². The summed E-state index contributed by atoms with van der Waals surface area (Å²) in [5.41, 5.74) is 5.63. The van der Waals surface area contributed by atoms with E-state index >= 15 is 0 Å². The molecule has 1 aliphatic heterocycles. The van der Waals surface area contributed by atoms with Crippen molar-refractivity contribution in [3.63, 3.8) is 0 Å². The Labute approximate surface area is 154 Å². The molecule has 0 atom stereocenters. The van der Waals surface area contributed by atoms with E-state index in [0.717, 1.165) is 36.2 Å². The Morgan fingerprint density at radius 2 is 1.81 bits per heavy atom. The van der Waals surface area contributed by atoms with E-state index in [1.54, 1.807) is 0 Å². The lowest BCUT2D eigenvalue weighted by Crippen LogP contribution is -2.50. The van der Waals surface area contributed by atoms with E-state index in [0.29, 0.717) is 6.54 Å². The third-order valence-corrected chi connectivity index (χ3v) is 4.89. The minimum absolute atomic E-state index is 0.170. The molecular formula is C22H23N3O. The van der Waals surface area contributed by atoms with Crippen LogP contribution in [0.3, 0.4) is 0 Å². The van der Waals surface area contributed by atoms with Crippen molar-refractivity contribution in [2.24, 2.45) is 0 Å². The molecule has 1 fully saturated rings. The average molecular weight is 345 g/mol. The second-order valence-electron chi connectivity index (χ2n) is 7.13. The normalized spacial score (nSPS) is 15.6.